The first-order chi connectivity index (χ1) is 17.1. The van der Waals surface area contributed by atoms with Crippen LogP contribution in [-0.2, 0) is 27.9 Å². The topological polar surface area (TPSA) is 110 Å². The zero-order valence-corrected chi connectivity index (χ0v) is 23.8. The summed E-state index contributed by atoms with van der Waals surface area (Å²) in [6.07, 6.45) is 0.192. The first-order valence-corrected chi connectivity index (χ1v) is 14.2. The van der Waals surface area contributed by atoms with E-state index in [0.717, 1.165) is 10.6 Å². The van der Waals surface area contributed by atoms with Crippen LogP contribution in [0.15, 0.2) is 29.3 Å². The van der Waals surface area contributed by atoms with Gasteiger partial charge in [-0.05, 0) is 24.3 Å². The van der Waals surface area contributed by atoms with Crippen molar-refractivity contribution in [3.63, 3.8) is 0 Å². The number of sulfonamides is 1. The van der Waals surface area contributed by atoms with Gasteiger partial charge < -0.3 is 9.88 Å². The van der Waals surface area contributed by atoms with E-state index in [-0.39, 0.29) is 55.2 Å². The molecule has 1 atom stereocenters. The number of nitrogens with one attached hydrogen (secondary N) is 1. The molecule has 1 amide bonds. The number of H-pyrrole nitrogens is 1. The number of Topliss-reactive ketones (excluding diaryl/α,β-unsaturated/α-hetero) is 1. The molecule has 3 aromatic rings. The second-order valence-electron chi connectivity index (χ2n) is 9.08. The predicted molar refractivity (Wildman–Crippen MR) is 144 cm³/mol. The highest BCUT2D eigenvalue weighted by molar-refractivity contribution is 7.89. The summed E-state index contributed by atoms with van der Waals surface area (Å²) in [6, 6.07) is 5.76. The smallest absolute Gasteiger partial charge is 0.283 e. The second-order valence-corrected chi connectivity index (χ2v) is 12.5. The summed E-state index contributed by atoms with van der Waals surface area (Å²) in [5.41, 5.74) is 1.51. The van der Waals surface area contributed by atoms with Gasteiger partial charge in [0.15, 0.2) is 10.8 Å². The number of aromatic nitrogens is 2. The van der Waals surface area contributed by atoms with Gasteiger partial charge in [0.2, 0.25) is 0 Å². The van der Waals surface area contributed by atoms with Crippen LogP contribution in [0.3, 0.4) is 0 Å². The molecular weight excluding hydrogens is 559 g/mol. The molecule has 2 aromatic heterocycles. The molecule has 1 unspecified atom stereocenters. The van der Waals surface area contributed by atoms with Crippen LogP contribution in [0.5, 0.6) is 0 Å². The van der Waals surface area contributed by atoms with Crippen molar-refractivity contribution in [3.05, 3.63) is 44.9 Å². The maximum Gasteiger partial charge on any atom is 0.283 e. The van der Waals surface area contributed by atoms with Gasteiger partial charge >= 0.3 is 0 Å². The van der Waals surface area contributed by atoms with Gasteiger partial charge in [-0.25, -0.2) is 23.4 Å². The normalized spacial score (nSPS) is 19.6. The van der Waals surface area contributed by atoms with Crippen molar-refractivity contribution in [1.82, 2.24) is 29.2 Å². The van der Waals surface area contributed by atoms with E-state index in [9.17, 15) is 18.0 Å². The molecule has 14 heteroatoms. The molecule has 0 saturated carbocycles. The van der Waals surface area contributed by atoms with Crippen molar-refractivity contribution in [1.29, 1.82) is 0 Å². The lowest BCUT2D eigenvalue weighted by atomic mass is 10.1. The van der Waals surface area contributed by atoms with E-state index >= 15 is 0 Å². The van der Waals surface area contributed by atoms with E-state index in [1.54, 1.807) is 31.2 Å². The number of hydrogen-bond donors (Lipinski definition) is 1. The standard InChI is InChI=1S/C23H27ClN6O4S2.ClH/c1-4-19(31)18-12-29(36(33,34)21-10-14-9-15(24)5-6-16(14)25-21)7-8-30(18)23(32)22-26-17-11-27(2)28(3)13-20(17)35-22;/h5-6,9-10,18,25H,4,7-8,11-13H2,1-3H3;1H. The average molecular weight is 588 g/mol. The fourth-order valence-electron chi connectivity index (χ4n) is 4.60. The third kappa shape index (κ3) is 5.16. The Balaban J connectivity index is 0.00000320. The number of amides is 1. The van der Waals surface area contributed by atoms with Crippen molar-refractivity contribution in [2.45, 2.75) is 37.5 Å². The average Bonchev–Trinajstić information content (AvgIpc) is 3.47. The molecule has 1 N–H and O–H groups in total. The van der Waals surface area contributed by atoms with Gasteiger partial charge in [-0.2, -0.15) is 4.31 Å². The van der Waals surface area contributed by atoms with Crippen LogP contribution in [0.25, 0.3) is 10.9 Å². The van der Waals surface area contributed by atoms with Gasteiger partial charge in [0.25, 0.3) is 15.9 Å². The first kappa shape index (κ1) is 28.0. The van der Waals surface area contributed by atoms with Crippen LogP contribution >= 0.6 is 35.3 Å². The maximum absolute atomic E-state index is 13.5. The third-order valence-electron chi connectivity index (χ3n) is 6.80. The van der Waals surface area contributed by atoms with Crippen molar-refractivity contribution < 1.29 is 18.0 Å². The monoisotopic (exact) mass is 586 g/mol. The Morgan fingerprint density at radius 2 is 1.89 bits per heavy atom. The van der Waals surface area contributed by atoms with E-state index in [1.165, 1.54) is 20.5 Å². The molecule has 200 valence electrons. The Kier molecular flexibility index (Phi) is 8.01. The zero-order valence-electron chi connectivity index (χ0n) is 20.6. The fourth-order valence-corrected chi connectivity index (χ4v) is 7.30. The van der Waals surface area contributed by atoms with Crippen molar-refractivity contribution >= 4 is 68.0 Å². The molecule has 37 heavy (non-hydrogen) atoms. The van der Waals surface area contributed by atoms with Crippen LogP contribution in [0.1, 0.15) is 33.7 Å². The molecule has 0 aliphatic carbocycles. The second kappa shape index (κ2) is 10.6. The summed E-state index contributed by atoms with van der Waals surface area (Å²) in [5.74, 6) is -0.517. The summed E-state index contributed by atoms with van der Waals surface area (Å²) in [4.78, 5) is 36.4. The van der Waals surface area contributed by atoms with E-state index in [1.807, 2.05) is 19.1 Å². The van der Waals surface area contributed by atoms with Crippen LogP contribution in [0.4, 0.5) is 0 Å². The van der Waals surface area contributed by atoms with Gasteiger partial charge in [0.05, 0.1) is 12.2 Å². The van der Waals surface area contributed by atoms with Crippen molar-refractivity contribution in [2.24, 2.45) is 0 Å². The number of aromatic amines is 1. The van der Waals surface area contributed by atoms with E-state index < -0.39 is 16.1 Å². The molecule has 5 rings (SSSR count). The molecule has 0 radical (unpaired) electrons. The Morgan fingerprint density at radius 1 is 1.16 bits per heavy atom. The number of fused-ring (bicyclic) bond motifs is 2. The zero-order chi connectivity index (χ0) is 25.8. The summed E-state index contributed by atoms with van der Waals surface area (Å²) in [7, 11) is 0.0140. The molecular formula is C23H28Cl2N6O4S2. The number of rotatable bonds is 5. The molecule has 2 aliphatic rings. The lowest BCUT2D eigenvalue weighted by Gasteiger charge is -2.39. The van der Waals surface area contributed by atoms with Gasteiger partial charge in [0, 0.05) is 67.5 Å². The van der Waals surface area contributed by atoms with Crippen molar-refractivity contribution in [2.75, 3.05) is 33.7 Å². The van der Waals surface area contributed by atoms with Crippen molar-refractivity contribution in [3.8, 4) is 0 Å². The van der Waals surface area contributed by atoms with Gasteiger partial charge in [-0.15, -0.1) is 23.7 Å². The van der Waals surface area contributed by atoms with Gasteiger partial charge in [0.1, 0.15) is 11.1 Å². The summed E-state index contributed by atoms with van der Waals surface area (Å²) in [6.45, 7) is 3.06. The van der Waals surface area contributed by atoms with E-state index in [0.29, 0.717) is 34.0 Å². The largest absolute Gasteiger partial charge is 0.345 e. The number of piperazine rings is 1. The number of carbonyl (C=O) groups is 2. The van der Waals surface area contributed by atoms with Gasteiger partial charge in [-0.3, -0.25) is 9.59 Å². The minimum atomic E-state index is -3.92. The first-order valence-electron chi connectivity index (χ1n) is 11.6. The minimum absolute atomic E-state index is 0. The molecule has 0 spiro atoms. The highest BCUT2D eigenvalue weighted by Gasteiger charge is 2.41. The highest BCUT2D eigenvalue weighted by Crippen LogP contribution is 2.29. The molecule has 2 aliphatic heterocycles. The Bertz CT molecular complexity index is 1430. The number of ketones is 1. The number of thiazole rings is 1. The number of halogens is 2. The third-order valence-corrected chi connectivity index (χ3v) is 9.89. The lowest BCUT2D eigenvalue weighted by molar-refractivity contribution is -0.124. The summed E-state index contributed by atoms with van der Waals surface area (Å²) >= 11 is 7.39. The lowest BCUT2D eigenvalue weighted by Crippen LogP contribution is -2.59. The molecule has 1 saturated heterocycles. The quantitative estimate of drug-likeness (QED) is 0.489. The fraction of sp³-hybridized carbons (Fsp3) is 0.435. The number of nitrogens with zero attached hydrogens (tertiary/aromatic N) is 5. The number of benzene rings is 1. The molecule has 0 bridgehead atoms. The summed E-state index contributed by atoms with van der Waals surface area (Å²) in [5, 5.41) is 5.64. The molecule has 1 aromatic carbocycles. The number of hydrogen-bond acceptors (Lipinski definition) is 8. The number of hydrazine groups is 1. The molecule has 4 heterocycles. The van der Waals surface area contributed by atoms with Gasteiger partial charge in [-0.1, -0.05) is 18.5 Å². The van der Waals surface area contributed by atoms with Crippen LogP contribution in [-0.4, -0.2) is 89.1 Å². The highest BCUT2D eigenvalue weighted by atomic mass is 35.5. The Hall–Kier alpha value is -2.06. The minimum Gasteiger partial charge on any atom is -0.345 e. The number of carbonyl (C=O) groups excluding carboxylic acids is 2. The van der Waals surface area contributed by atoms with Crippen LogP contribution < -0.4 is 0 Å². The SMILES string of the molecule is CCC(=O)C1CN(S(=O)(=O)c2cc3cc(Cl)ccc3[nH]2)CCN1C(=O)c1nc2c(s1)CN(C)N(C)C2.Cl. The Morgan fingerprint density at radius 3 is 2.62 bits per heavy atom. The summed E-state index contributed by atoms with van der Waals surface area (Å²) < 4.78 is 28.2. The van der Waals surface area contributed by atoms with Crippen LogP contribution in [0.2, 0.25) is 5.02 Å². The van der Waals surface area contributed by atoms with E-state index in [4.69, 9.17) is 11.6 Å². The van der Waals surface area contributed by atoms with Crippen LogP contribution in [0, 0.1) is 0 Å². The molecule has 10 nitrogen and oxygen atoms in total. The predicted octanol–water partition coefficient (Wildman–Crippen LogP) is 2.99. The van der Waals surface area contributed by atoms with E-state index in [2.05, 4.69) is 15.0 Å². The molecule has 1 fully saturated rings. The Labute approximate surface area is 230 Å². The maximum atomic E-state index is 13.5.